The molecule has 0 unspecified atom stereocenters. The Hall–Kier alpha value is -4.39. The number of hydrogen-bond acceptors (Lipinski definition) is 5. The molecule has 3 aromatic carbocycles. The molecule has 0 atom stereocenters. The smallest absolute Gasteiger partial charge is 0.337 e. The summed E-state index contributed by atoms with van der Waals surface area (Å²) in [5.74, 6) is 0.325. The van der Waals surface area contributed by atoms with Crippen molar-refractivity contribution in [3.05, 3.63) is 90.1 Å². The van der Waals surface area contributed by atoms with E-state index in [1.165, 1.54) is 70.1 Å². The van der Waals surface area contributed by atoms with Crippen LogP contribution < -0.4 is 14.8 Å². The first kappa shape index (κ1) is 29.1. The fourth-order valence-corrected chi connectivity index (χ4v) is 5.44. The topological polar surface area (TPSA) is 97.8 Å². The van der Waals surface area contributed by atoms with Gasteiger partial charge >= 0.3 is 5.97 Å². The zero-order valence-corrected chi connectivity index (χ0v) is 23.9. The van der Waals surface area contributed by atoms with Crippen molar-refractivity contribution < 1.29 is 24.2 Å². The van der Waals surface area contributed by atoms with Gasteiger partial charge in [0.15, 0.2) is 0 Å². The number of aromatic carboxylic acids is 1. The van der Waals surface area contributed by atoms with E-state index in [4.69, 9.17) is 9.47 Å². The van der Waals surface area contributed by atoms with Crippen molar-refractivity contribution >= 4 is 28.3 Å². The van der Waals surface area contributed by atoms with E-state index in [1.807, 2.05) is 24.3 Å². The van der Waals surface area contributed by atoms with Crippen LogP contribution in [0.25, 0.3) is 10.8 Å². The number of hydrogen-bond donors (Lipinski definition) is 2. The Labute approximate surface area is 246 Å². The number of para-hydroxylation sites is 1. The number of carbonyl (C=O) groups excluding carboxylic acids is 1. The summed E-state index contributed by atoms with van der Waals surface area (Å²) in [5.41, 5.74) is 0.529. The van der Waals surface area contributed by atoms with E-state index in [0.717, 1.165) is 29.4 Å². The highest BCUT2D eigenvalue weighted by Gasteiger charge is 2.15. The van der Waals surface area contributed by atoms with Gasteiger partial charge < -0.3 is 19.9 Å². The first-order valence-corrected chi connectivity index (χ1v) is 15.0. The maximum Gasteiger partial charge on any atom is 0.337 e. The van der Waals surface area contributed by atoms with Crippen LogP contribution in [-0.4, -0.2) is 28.1 Å². The van der Waals surface area contributed by atoms with Crippen molar-refractivity contribution in [3.63, 3.8) is 0 Å². The minimum atomic E-state index is -1.11. The number of fused-ring (bicyclic) bond motifs is 1. The standard InChI is InChI=1S/C35H38N2O5/c38-34(37-32-15-11-10-14-31(32)35(39)40)27-18-21-33(36-24-27)42-30-20-17-25-22-29(19-16-26(25)23-30)41-28-12-8-6-4-2-1-3-5-7-9-13-28/h10-11,14-24,28H,1-9,12-13H2,(H,37,38)(H,39,40). The predicted molar refractivity (Wildman–Crippen MR) is 165 cm³/mol. The number of rotatable bonds is 7. The van der Waals surface area contributed by atoms with Gasteiger partial charge in [-0.05, 0) is 78.9 Å². The van der Waals surface area contributed by atoms with E-state index >= 15 is 0 Å². The van der Waals surface area contributed by atoms with Crippen LogP contribution in [0.4, 0.5) is 5.69 Å². The Morgan fingerprint density at radius 1 is 0.738 bits per heavy atom. The molecule has 1 aromatic heterocycles. The van der Waals surface area contributed by atoms with Crippen LogP contribution in [0.2, 0.25) is 0 Å². The van der Waals surface area contributed by atoms with E-state index in [1.54, 1.807) is 30.3 Å². The second kappa shape index (κ2) is 14.5. The average molecular weight is 567 g/mol. The highest BCUT2D eigenvalue weighted by atomic mass is 16.5. The van der Waals surface area contributed by atoms with E-state index in [9.17, 15) is 14.7 Å². The van der Waals surface area contributed by atoms with Gasteiger partial charge in [-0.2, -0.15) is 0 Å². The second-order valence-corrected chi connectivity index (χ2v) is 11.0. The lowest BCUT2D eigenvalue weighted by molar-refractivity contribution is 0.0698. The van der Waals surface area contributed by atoms with Crippen LogP contribution in [0, 0.1) is 0 Å². The van der Waals surface area contributed by atoms with Gasteiger partial charge in [-0.3, -0.25) is 4.79 Å². The summed E-state index contributed by atoms with van der Waals surface area (Å²) in [5, 5.41) is 14.1. The van der Waals surface area contributed by atoms with Gasteiger partial charge in [0.05, 0.1) is 22.9 Å². The highest BCUT2D eigenvalue weighted by molar-refractivity contribution is 6.07. The zero-order valence-electron chi connectivity index (χ0n) is 23.9. The number of pyridine rings is 1. The Balaban J connectivity index is 1.20. The number of benzene rings is 3. The number of nitrogens with zero attached hydrogens (tertiary/aromatic N) is 1. The van der Waals surface area contributed by atoms with Crippen LogP contribution in [0.5, 0.6) is 17.4 Å². The van der Waals surface area contributed by atoms with E-state index in [-0.39, 0.29) is 22.9 Å². The molecule has 1 saturated carbocycles. The summed E-state index contributed by atoms with van der Waals surface area (Å²) in [6.07, 6.45) is 15.8. The molecule has 218 valence electrons. The third-order valence-corrected chi connectivity index (χ3v) is 7.76. The van der Waals surface area contributed by atoms with Crippen LogP contribution in [0.1, 0.15) is 91.3 Å². The lowest BCUT2D eigenvalue weighted by atomic mass is 9.99. The largest absolute Gasteiger partial charge is 0.490 e. The molecule has 0 bridgehead atoms. The Bertz CT molecular complexity index is 1490. The van der Waals surface area contributed by atoms with Gasteiger partial charge in [0.1, 0.15) is 11.5 Å². The summed E-state index contributed by atoms with van der Waals surface area (Å²) in [7, 11) is 0. The summed E-state index contributed by atoms with van der Waals surface area (Å²) in [6.45, 7) is 0. The molecule has 1 aliphatic rings. The summed E-state index contributed by atoms with van der Waals surface area (Å²) < 4.78 is 12.4. The average Bonchev–Trinajstić information content (AvgIpc) is 2.99. The fraction of sp³-hybridized carbons (Fsp3) is 0.343. The summed E-state index contributed by atoms with van der Waals surface area (Å²) in [4.78, 5) is 28.3. The lowest BCUT2D eigenvalue weighted by Gasteiger charge is -2.20. The number of amides is 1. The number of carbonyl (C=O) groups is 2. The second-order valence-electron chi connectivity index (χ2n) is 11.0. The first-order valence-electron chi connectivity index (χ1n) is 15.0. The Kier molecular flexibility index (Phi) is 10.0. The molecular formula is C35H38N2O5. The minimum absolute atomic E-state index is 0.0186. The Morgan fingerprint density at radius 3 is 2.00 bits per heavy atom. The van der Waals surface area contributed by atoms with Crippen molar-refractivity contribution in [1.29, 1.82) is 0 Å². The van der Waals surface area contributed by atoms with Crippen LogP contribution in [0.15, 0.2) is 79.0 Å². The molecule has 4 aromatic rings. The summed E-state index contributed by atoms with van der Waals surface area (Å²) in [6, 6.07) is 21.5. The molecule has 1 fully saturated rings. The molecule has 1 heterocycles. The number of aromatic nitrogens is 1. The number of carboxylic acids is 1. The third-order valence-electron chi connectivity index (χ3n) is 7.76. The Morgan fingerprint density at radius 2 is 1.36 bits per heavy atom. The van der Waals surface area contributed by atoms with Crippen molar-refractivity contribution in [1.82, 2.24) is 4.98 Å². The molecule has 0 radical (unpaired) electrons. The lowest BCUT2D eigenvalue weighted by Crippen LogP contribution is -2.16. The van der Waals surface area contributed by atoms with Crippen molar-refractivity contribution in [2.75, 3.05) is 5.32 Å². The van der Waals surface area contributed by atoms with E-state index in [2.05, 4.69) is 22.4 Å². The molecule has 1 amide bonds. The fourth-order valence-electron chi connectivity index (χ4n) is 5.44. The minimum Gasteiger partial charge on any atom is -0.490 e. The maximum atomic E-state index is 12.7. The monoisotopic (exact) mass is 566 g/mol. The van der Waals surface area contributed by atoms with E-state index < -0.39 is 11.9 Å². The molecule has 0 aliphatic heterocycles. The number of ether oxygens (including phenoxy) is 2. The van der Waals surface area contributed by atoms with Crippen LogP contribution in [-0.2, 0) is 0 Å². The molecule has 42 heavy (non-hydrogen) atoms. The van der Waals surface area contributed by atoms with E-state index in [0.29, 0.717) is 11.6 Å². The molecule has 1 aliphatic carbocycles. The highest BCUT2D eigenvalue weighted by Crippen LogP contribution is 2.29. The summed E-state index contributed by atoms with van der Waals surface area (Å²) >= 11 is 0. The molecule has 2 N–H and O–H groups in total. The quantitative estimate of drug-likeness (QED) is 0.232. The molecule has 5 rings (SSSR count). The van der Waals surface area contributed by atoms with Gasteiger partial charge in [-0.25, -0.2) is 9.78 Å². The third kappa shape index (κ3) is 8.09. The van der Waals surface area contributed by atoms with Gasteiger partial charge in [-0.1, -0.05) is 69.2 Å². The van der Waals surface area contributed by atoms with Gasteiger partial charge in [0, 0.05) is 12.3 Å². The molecular weight excluding hydrogens is 528 g/mol. The van der Waals surface area contributed by atoms with Crippen molar-refractivity contribution in [2.45, 2.75) is 76.7 Å². The predicted octanol–water partition coefficient (Wildman–Crippen LogP) is 9.03. The van der Waals surface area contributed by atoms with Gasteiger partial charge in [0.2, 0.25) is 5.88 Å². The van der Waals surface area contributed by atoms with Crippen LogP contribution >= 0.6 is 0 Å². The van der Waals surface area contributed by atoms with Gasteiger partial charge in [-0.15, -0.1) is 0 Å². The maximum absolute atomic E-state index is 12.7. The number of anilines is 1. The molecule has 7 heteroatoms. The number of nitrogens with one attached hydrogen (secondary N) is 1. The van der Waals surface area contributed by atoms with Crippen LogP contribution in [0.3, 0.4) is 0 Å². The zero-order chi connectivity index (χ0) is 29.1. The molecule has 7 nitrogen and oxygen atoms in total. The molecule has 0 saturated heterocycles. The van der Waals surface area contributed by atoms with Crippen molar-refractivity contribution in [2.24, 2.45) is 0 Å². The van der Waals surface area contributed by atoms with Crippen molar-refractivity contribution in [3.8, 4) is 17.4 Å². The van der Waals surface area contributed by atoms with Gasteiger partial charge in [0.25, 0.3) is 5.91 Å². The normalized spacial score (nSPS) is 15.2. The number of carboxylic acid groups (broad SMARTS) is 1. The molecule has 0 spiro atoms. The first-order chi connectivity index (χ1) is 20.5. The SMILES string of the molecule is O=C(Nc1ccccc1C(=O)O)c1ccc(Oc2ccc3cc(OC4CCCCCCCCCCC4)ccc3c2)nc1.